The molecule has 1 aliphatic rings. The second kappa shape index (κ2) is 11.5. The Morgan fingerprint density at radius 2 is 2.00 bits per heavy atom. The Labute approximate surface area is 216 Å². The van der Waals surface area contributed by atoms with Gasteiger partial charge in [0.2, 0.25) is 5.88 Å². The van der Waals surface area contributed by atoms with Crippen LogP contribution in [0, 0.1) is 28.7 Å². The van der Waals surface area contributed by atoms with Crippen molar-refractivity contribution in [2.75, 3.05) is 13.1 Å². The largest absolute Gasteiger partial charge is 0.469 e. The van der Waals surface area contributed by atoms with Crippen molar-refractivity contribution in [1.29, 1.82) is 10.5 Å². The van der Waals surface area contributed by atoms with Crippen molar-refractivity contribution < 1.29 is 4.74 Å². The van der Waals surface area contributed by atoms with E-state index in [1.54, 1.807) is 15.5 Å². The van der Waals surface area contributed by atoms with Gasteiger partial charge >= 0.3 is 0 Å². The van der Waals surface area contributed by atoms with E-state index in [0.717, 1.165) is 25.0 Å². The number of piperidine rings is 1. The molecule has 1 fully saturated rings. The van der Waals surface area contributed by atoms with Crippen molar-refractivity contribution in [1.82, 2.24) is 19.3 Å². The molecule has 0 saturated carbocycles. The number of rotatable bonds is 8. The number of imidazole rings is 1. The van der Waals surface area contributed by atoms with E-state index in [4.69, 9.17) is 20.8 Å². The second-order valence-electron chi connectivity index (χ2n) is 9.53. The monoisotopic (exact) mass is 497 g/mol. The molecule has 1 aliphatic heterocycles. The van der Waals surface area contributed by atoms with Crippen LogP contribution in [0.15, 0.2) is 52.8 Å². The molecule has 0 amide bonds. The van der Waals surface area contributed by atoms with E-state index in [9.17, 15) is 5.26 Å². The highest BCUT2D eigenvalue weighted by Gasteiger charge is 2.23. The molecule has 3 aromatic heterocycles. The van der Waals surface area contributed by atoms with Crippen LogP contribution < -0.4 is 10.6 Å². The molecule has 10 heteroatoms. The Hall–Kier alpha value is -4.44. The van der Waals surface area contributed by atoms with Crippen LogP contribution in [0.2, 0.25) is 0 Å². The van der Waals surface area contributed by atoms with Crippen LogP contribution in [0.1, 0.15) is 63.1 Å². The topological polar surface area (TPSA) is 141 Å². The summed E-state index contributed by atoms with van der Waals surface area (Å²) in [6.45, 7) is 7.51. The number of likely N-dealkylation sites (tertiary alicyclic amines) is 1. The highest BCUT2D eigenvalue weighted by molar-refractivity contribution is 6.47. The van der Waals surface area contributed by atoms with Crippen molar-refractivity contribution in [2.24, 2.45) is 21.9 Å². The van der Waals surface area contributed by atoms with Crippen molar-refractivity contribution in [3.63, 3.8) is 0 Å². The number of ether oxygens (including phenoxy) is 1. The first-order valence-corrected chi connectivity index (χ1v) is 12.4. The molecule has 10 nitrogen and oxygen atoms in total. The van der Waals surface area contributed by atoms with Gasteiger partial charge < -0.3 is 15.5 Å². The van der Waals surface area contributed by atoms with Gasteiger partial charge in [-0.05, 0) is 50.3 Å². The zero-order valence-corrected chi connectivity index (χ0v) is 21.4. The summed E-state index contributed by atoms with van der Waals surface area (Å²) in [4.78, 5) is 15.6. The first-order valence-electron chi connectivity index (χ1n) is 12.4. The Balaban J connectivity index is 1.72. The van der Waals surface area contributed by atoms with Gasteiger partial charge in [-0.1, -0.05) is 19.9 Å². The lowest BCUT2D eigenvalue weighted by molar-refractivity contribution is 0.163. The van der Waals surface area contributed by atoms with Crippen LogP contribution in [-0.4, -0.2) is 49.8 Å². The van der Waals surface area contributed by atoms with Gasteiger partial charge in [0, 0.05) is 30.9 Å². The third-order valence-electron chi connectivity index (χ3n) is 6.38. The average molecular weight is 498 g/mol. The maximum absolute atomic E-state index is 9.71. The number of nitrogens with two attached hydrogens (primary N) is 1. The quantitative estimate of drug-likeness (QED) is 0.216. The van der Waals surface area contributed by atoms with Gasteiger partial charge in [0.05, 0.1) is 23.6 Å². The number of aliphatic imine (C=N–C) groups is 1. The summed E-state index contributed by atoms with van der Waals surface area (Å²) in [5, 5.41) is 22.9. The lowest BCUT2D eigenvalue weighted by Crippen LogP contribution is -2.32. The van der Waals surface area contributed by atoms with Crippen molar-refractivity contribution in [3.8, 4) is 18.1 Å². The van der Waals surface area contributed by atoms with Gasteiger partial charge in [-0.3, -0.25) is 14.4 Å². The molecule has 37 heavy (non-hydrogen) atoms. The molecule has 4 heterocycles. The van der Waals surface area contributed by atoms with E-state index in [2.05, 4.69) is 41.2 Å². The molecule has 0 aliphatic carbocycles. The molecule has 0 spiro atoms. The fourth-order valence-corrected chi connectivity index (χ4v) is 4.56. The van der Waals surface area contributed by atoms with Gasteiger partial charge in [-0.2, -0.15) is 15.6 Å². The molecular weight excluding hydrogens is 466 g/mol. The third kappa shape index (κ3) is 5.87. The summed E-state index contributed by atoms with van der Waals surface area (Å²) < 4.78 is 8.24. The predicted molar refractivity (Wildman–Crippen MR) is 141 cm³/mol. The van der Waals surface area contributed by atoms with Crippen molar-refractivity contribution >= 4 is 17.1 Å². The normalized spacial score (nSPS) is 16.0. The van der Waals surface area contributed by atoms with Gasteiger partial charge in [-0.25, -0.2) is 4.98 Å². The van der Waals surface area contributed by atoms with Crippen LogP contribution >= 0.6 is 0 Å². The van der Waals surface area contributed by atoms with E-state index < -0.39 is 0 Å². The lowest BCUT2D eigenvalue weighted by atomic mass is 10.0. The third-order valence-corrected chi connectivity index (χ3v) is 6.38. The maximum atomic E-state index is 9.71. The standard InChI is InChI=1S/C27H31N9O/c1-18(2)12-24(23-6-4-5-9-31-23)37-26-14-20(13-25-32-16-22(15-28)36(25)26)27(34-30)19(3)33-21-7-10-35(17-29)11-8-21/h4-6,9,13-14,16,18,21,24H,7-8,10-12,30H2,1-3H3/b33-19?,34-27+. The zero-order valence-electron chi connectivity index (χ0n) is 21.4. The summed E-state index contributed by atoms with van der Waals surface area (Å²) in [7, 11) is 0. The summed E-state index contributed by atoms with van der Waals surface area (Å²) in [5.74, 6) is 6.67. The second-order valence-corrected chi connectivity index (χ2v) is 9.53. The molecule has 0 radical (unpaired) electrons. The molecule has 4 rings (SSSR count). The Morgan fingerprint density at radius 3 is 2.62 bits per heavy atom. The zero-order chi connectivity index (χ0) is 26.4. The fraction of sp³-hybridized carbons (Fsp3) is 0.407. The summed E-state index contributed by atoms with van der Waals surface area (Å²) in [6, 6.07) is 11.7. The van der Waals surface area contributed by atoms with Crippen LogP contribution in [-0.2, 0) is 0 Å². The minimum Gasteiger partial charge on any atom is -0.469 e. The van der Waals surface area contributed by atoms with Crippen molar-refractivity contribution in [3.05, 3.63) is 59.7 Å². The minimum absolute atomic E-state index is 0.0944. The van der Waals surface area contributed by atoms with E-state index >= 15 is 0 Å². The summed E-state index contributed by atoms with van der Waals surface area (Å²) in [6.07, 6.45) is 7.46. The van der Waals surface area contributed by atoms with E-state index in [0.29, 0.717) is 53.2 Å². The van der Waals surface area contributed by atoms with Crippen LogP contribution in [0.25, 0.3) is 5.65 Å². The first-order chi connectivity index (χ1) is 17.9. The molecule has 190 valence electrons. The SMILES string of the molecule is CC(=NC1CCN(C#N)CC1)/C(=N\N)c1cc(OC(CC(C)C)c2ccccn2)n2c(C#N)cnc2c1. The lowest BCUT2D eigenvalue weighted by Gasteiger charge is -2.26. The number of fused-ring (bicyclic) bond motifs is 1. The number of aromatic nitrogens is 3. The highest BCUT2D eigenvalue weighted by atomic mass is 16.5. The molecule has 1 atom stereocenters. The molecule has 3 aromatic rings. The predicted octanol–water partition coefficient (Wildman–Crippen LogP) is 3.84. The number of hydrogen-bond acceptors (Lipinski definition) is 9. The van der Waals surface area contributed by atoms with Gasteiger partial charge in [-0.15, -0.1) is 0 Å². The number of nitriles is 2. The van der Waals surface area contributed by atoms with E-state index in [1.165, 1.54) is 6.20 Å². The number of pyridine rings is 2. The summed E-state index contributed by atoms with van der Waals surface area (Å²) in [5.41, 5.74) is 3.63. The Bertz CT molecular complexity index is 1370. The Kier molecular flexibility index (Phi) is 7.99. The molecule has 2 N–H and O–H groups in total. The van der Waals surface area contributed by atoms with Crippen molar-refractivity contribution in [2.45, 2.75) is 52.2 Å². The van der Waals surface area contributed by atoms with Gasteiger partial charge in [0.25, 0.3) is 0 Å². The fourth-order valence-electron chi connectivity index (χ4n) is 4.56. The number of hydrazone groups is 1. The summed E-state index contributed by atoms with van der Waals surface area (Å²) >= 11 is 0. The van der Waals surface area contributed by atoms with E-state index in [1.807, 2.05) is 37.3 Å². The molecule has 1 saturated heterocycles. The number of nitrogens with zero attached hydrogens (tertiary/aromatic N) is 8. The molecular formula is C27H31N9O. The van der Waals surface area contributed by atoms with E-state index in [-0.39, 0.29) is 12.1 Å². The first kappa shape index (κ1) is 25.6. The number of hydrogen-bond donors (Lipinski definition) is 1. The van der Waals surface area contributed by atoms with Gasteiger partial charge in [0.1, 0.15) is 29.2 Å². The van der Waals surface area contributed by atoms with Crippen LogP contribution in [0.4, 0.5) is 0 Å². The molecule has 0 aromatic carbocycles. The Morgan fingerprint density at radius 1 is 1.22 bits per heavy atom. The maximum Gasteiger partial charge on any atom is 0.201 e. The average Bonchev–Trinajstić information content (AvgIpc) is 3.33. The van der Waals surface area contributed by atoms with Crippen LogP contribution in [0.3, 0.4) is 0 Å². The smallest absolute Gasteiger partial charge is 0.201 e. The highest BCUT2D eigenvalue weighted by Crippen LogP contribution is 2.29. The minimum atomic E-state index is -0.327. The van der Waals surface area contributed by atoms with Gasteiger partial charge in [0.15, 0.2) is 6.19 Å². The molecule has 1 unspecified atom stereocenters. The molecule has 0 bridgehead atoms. The van der Waals surface area contributed by atoms with Crippen LogP contribution in [0.5, 0.6) is 5.88 Å².